The molecule has 5 heteroatoms. The summed E-state index contributed by atoms with van der Waals surface area (Å²) in [7, 11) is 1.89. The molecular weight excluding hydrogens is 268 g/mol. The monoisotopic (exact) mass is 280 g/mol. The minimum Gasteiger partial charge on any atom is -0.275 e. The van der Waals surface area contributed by atoms with Crippen molar-refractivity contribution in [2.75, 3.05) is 0 Å². The van der Waals surface area contributed by atoms with E-state index < -0.39 is 0 Å². The molecule has 0 fully saturated rings. The zero-order valence-corrected chi connectivity index (χ0v) is 10.5. The maximum Gasteiger partial charge on any atom is 0.0740 e. The van der Waals surface area contributed by atoms with Crippen molar-refractivity contribution in [2.45, 2.75) is 6.04 Å². The number of nitrogens with one attached hydrogen (secondary N) is 1. The molecule has 0 saturated heterocycles. The van der Waals surface area contributed by atoms with Crippen LogP contribution in [0.3, 0.4) is 0 Å². The molecule has 1 aromatic heterocycles. The number of aromatic nitrogens is 2. The number of nitrogens with zero attached hydrogens (tertiary/aromatic N) is 2. The van der Waals surface area contributed by atoms with Gasteiger partial charge in [0.15, 0.2) is 0 Å². The lowest BCUT2D eigenvalue weighted by molar-refractivity contribution is 0.636. The predicted molar refractivity (Wildman–Crippen MR) is 66.5 cm³/mol. The Morgan fingerprint density at radius 1 is 1.31 bits per heavy atom. The Hall–Kier alpha value is -1.17. The zero-order valence-electron chi connectivity index (χ0n) is 8.89. The SMILES string of the molecule is Cn1cc(C(NN)c2ccc(Br)cc2)cn1. The van der Waals surface area contributed by atoms with Gasteiger partial charge in [-0.05, 0) is 17.7 Å². The van der Waals surface area contributed by atoms with E-state index >= 15 is 0 Å². The molecule has 16 heavy (non-hydrogen) atoms. The smallest absolute Gasteiger partial charge is 0.0740 e. The number of halogens is 1. The second-order valence-corrected chi connectivity index (χ2v) is 4.51. The van der Waals surface area contributed by atoms with Crippen LogP contribution in [0, 0.1) is 0 Å². The molecule has 0 aliphatic rings. The molecule has 1 heterocycles. The molecule has 0 aliphatic carbocycles. The lowest BCUT2D eigenvalue weighted by Crippen LogP contribution is -2.28. The van der Waals surface area contributed by atoms with E-state index in [1.165, 1.54) is 0 Å². The normalized spacial score (nSPS) is 12.7. The van der Waals surface area contributed by atoms with Crippen LogP contribution >= 0.6 is 15.9 Å². The Morgan fingerprint density at radius 3 is 2.50 bits per heavy atom. The van der Waals surface area contributed by atoms with E-state index in [0.717, 1.165) is 15.6 Å². The molecule has 2 aromatic rings. The van der Waals surface area contributed by atoms with Gasteiger partial charge in [0.1, 0.15) is 0 Å². The Morgan fingerprint density at radius 2 is 2.00 bits per heavy atom. The van der Waals surface area contributed by atoms with Crippen LogP contribution in [0.4, 0.5) is 0 Å². The van der Waals surface area contributed by atoms with Gasteiger partial charge in [0.2, 0.25) is 0 Å². The first-order chi connectivity index (χ1) is 7.70. The summed E-state index contributed by atoms with van der Waals surface area (Å²) in [5.74, 6) is 5.59. The van der Waals surface area contributed by atoms with Gasteiger partial charge >= 0.3 is 0 Å². The van der Waals surface area contributed by atoms with Crippen molar-refractivity contribution in [1.82, 2.24) is 15.2 Å². The van der Waals surface area contributed by atoms with Gasteiger partial charge in [-0.25, -0.2) is 5.43 Å². The van der Waals surface area contributed by atoms with Crippen molar-refractivity contribution < 1.29 is 0 Å². The molecule has 2 rings (SSSR count). The van der Waals surface area contributed by atoms with Crippen LogP contribution in [-0.2, 0) is 7.05 Å². The van der Waals surface area contributed by atoms with Crippen LogP contribution in [0.5, 0.6) is 0 Å². The summed E-state index contributed by atoms with van der Waals surface area (Å²) in [4.78, 5) is 0. The van der Waals surface area contributed by atoms with Crippen LogP contribution in [0.2, 0.25) is 0 Å². The van der Waals surface area contributed by atoms with E-state index in [9.17, 15) is 0 Å². The minimum atomic E-state index is -0.0261. The van der Waals surface area contributed by atoms with Gasteiger partial charge in [-0.2, -0.15) is 5.10 Å². The summed E-state index contributed by atoms with van der Waals surface area (Å²) in [6.07, 6.45) is 3.76. The predicted octanol–water partition coefficient (Wildman–Crippen LogP) is 1.74. The van der Waals surface area contributed by atoms with Crippen LogP contribution in [0.25, 0.3) is 0 Å². The maximum atomic E-state index is 5.59. The van der Waals surface area contributed by atoms with Crippen molar-refractivity contribution in [3.8, 4) is 0 Å². The van der Waals surface area contributed by atoms with E-state index in [2.05, 4.69) is 26.5 Å². The summed E-state index contributed by atoms with van der Waals surface area (Å²) in [5, 5.41) is 4.14. The number of rotatable bonds is 3. The first kappa shape index (κ1) is 11.3. The van der Waals surface area contributed by atoms with Crippen LogP contribution in [0.15, 0.2) is 41.1 Å². The van der Waals surface area contributed by atoms with E-state index in [1.807, 2.05) is 43.7 Å². The summed E-state index contributed by atoms with van der Waals surface area (Å²) in [6, 6.07) is 8.02. The highest BCUT2D eigenvalue weighted by molar-refractivity contribution is 9.10. The van der Waals surface area contributed by atoms with E-state index in [0.29, 0.717) is 0 Å². The fourth-order valence-corrected chi connectivity index (χ4v) is 1.89. The molecule has 0 amide bonds. The molecule has 4 nitrogen and oxygen atoms in total. The second kappa shape index (κ2) is 4.78. The standard InChI is InChI=1S/C11H13BrN4/c1-16-7-9(6-14-16)11(15-13)8-2-4-10(12)5-3-8/h2-7,11,15H,13H2,1H3. The number of benzene rings is 1. The molecule has 0 saturated carbocycles. The maximum absolute atomic E-state index is 5.59. The molecule has 1 unspecified atom stereocenters. The van der Waals surface area contributed by atoms with E-state index in [-0.39, 0.29) is 6.04 Å². The molecule has 0 spiro atoms. The summed E-state index contributed by atoms with van der Waals surface area (Å²) in [5.41, 5.74) is 4.96. The van der Waals surface area contributed by atoms with Gasteiger partial charge in [0.05, 0.1) is 12.2 Å². The van der Waals surface area contributed by atoms with Crippen LogP contribution in [-0.4, -0.2) is 9.78 Å². The summed E-state index contributed by atoms with van der Waals surface area (Å²) in [6.45, 7) is 0. The lowest BCUT2D eigenvalue weighted by atomic mass is 10.0. The quantitative estimate of drug-likeness (QED) is 0.665. The van der Waals surface area contributed by atoms with E-state index in [4.69, 9.17) is 5.84 Å². The van der Waals surface area contributed by atoms with E-state index in [1.54, 1.807) is 4.68 Å². The Kier molecular flexibility index (Phi) is 3.38. The average molecular weight is 281 g/mol. The summed E-state index contributed by atoms with van der Waals surface area (Å²) < 4.78 is 2.82. The lowest BCUT2D eigenvalue weighted by Gasteiger charge is -2.14. The van der Waals surface area contributed by atoms with Gasteiger partial charge in [-0.1, -0.05) is 28.1 Å². The number of hydrazine groups is 1. The zero-order chi connectivity index (χ0) is 11.5. The van der Waals surface area contributed by atoms with Crippen molar-refractivity contribution in [1.29, 1.82) is 0 Å². The Labute approximate surface area is 103 Å². The van der Waals surface area contributed by atoms with Gasteiger partial charge in [0, 0.05) is 23.3 Å². The highest BCUT2D eigenvalue weighted by atomic mass is 79.9. The largest absolute Gasteiger partial charge is 0.275 e. The molecule has 1 aromatic carbocycles. The number of aryl methyl sites for hydroxylation is 1. The third kappa shape index (κ3) is 2.32. The van der Waals surface area contributed by atoms with Crippen molar-refractivity contribution in [3.63, 3.8) is 0 Å². The third-order valence-electron chi connectivity index (χ3n) is 2.43. The number of hydrogen-bond acceptors (Lipinski definition) is 3. The summed E-state index contributed by atoms with van der Waals surface area (Å²) >= 11 is 3.41. The molecule has 1 atom stereocenters. The molecule has 0 bridgehead atoms. The van der Waals surface area contributed by atoms with Crippen molar-refractivity contribution >= 4 is 15.9 Å². The van der Waals surface area contributed by atoms with Gasteiger partial charge in [-0.3, -0.25) is 10.5 Å². The Balaban J connectivity index is 2.32. The van der Waals surface area contributed by atoms with Gasteiger partial charge in [0.25, 0.3) is 0 Å². The minimum absolute atomic E-state index is 0.0261. The van der Waals surface area contributed by atoms with Crippen LogP contribution < -0.4 is 11.3 Å². The van der Waals surface area contributed by atoms with Crippen molar-refractivity contribution in [2.24, 2.45) is 12.9 Å². The molecule has 84 valence electrons. The van der Waals surface area contributed by atoms with Crippen LogP contribution in [0.1, 0.15) is 17.2 Å². The second-order valence-electron chi connectivity index (χ2n) is 3.60. The third-order valence-corrected chi connectivity index (χ3v) is 2.96. The highest BCUT2D eigenvalue weighted by Crippen LogP contribution is 2.22. The van der Waals surface area contributed by atoms with Gasteiger partial charge < -0.3 is 0 Å². The molecule has 0 radical (unpaired) electrons. The fourth-order valence-electron chi connectivity index (χ4n) is 1.63. The first-order valence-corrected chi connectivity index (χ1v) is 5.70. The molecule has 0 aliphatic heterocycles. The molecular formula is C11H13BrN4. The van der Waals surface area contributed by atoms with Crippen molar-refractivity contribution in [3.05, 3.63) is 52.3 Å². The van der Waals surface area contributed by atoms with Gasteiger partial charge in [-0.15, -0.1) is 0 Å². The first-order valence-electron chi connectivity index (χ1n) is 4.91. The number of nitrogens with two attached hydrogens (primary N) is 1. The average Bonchev–Trinajstić information content (AvgIpc) is 2.69. The Bertz CT molecular complexity index is 463. The molecule has 3 N–H and O–H groups in total. The fraction of sp³-hybridized carbons (Fsp3) is 0.182. The highest BCUT2D eigenvalue weighted by Gasteiger charge is 2.13. The number of hydrogen-bond donors (Lipinski definition) is 2. The topological polar surface area (TPSA) is 55.9 Å².